The van der Waals surface area contributed by atoms with Crippen LogP contribution in [-0.2, 0) is 9.53 Å². The number of carbonyl (C=O) groups excluding carboxylic acids is 2. The van der Waals surface area contributed by atoms with E-state index in [0.29, 0.717) is 16.1 Å². The number of halogens is 1. The molecule has 0 radical (unpaired) electrons. The van der Waals surface area contributed by atoms with Crippen molar-refractivity contribution in [3.63, 3.8) is 0 Å². The van der Waals surface area contributed by atoms with Gasteiger partial charge >= 0.3 is 5.97 Å². The number of ether oxygens (including phenoxy) is 1. The largest absolute Gasteiger partial charge is 0.469 e. The summed E-state index contributed by atoms with van der Waals surface area (Å²) in [4.78, 5) is 27.9. The maximum absolute atomic E-state index is 12.3. The molecular weight excluding hydrogens is 278 g/mol. The number of methoxy groups -OCH3 is 1. The monoisotopic (exact) mass is 291 g/mol. The van der Waals surface area contributed by atoms with Crippen LogP contribution in [0.5, 0.6) is 0 Å². The van der Waals surface area contributed by atoms with Crippen molar-refractivity contribution in [2.75, 3.05) is 7.11 Å². The molecule has 0 N–H and O–H groups in total. The van der Waals surface area contributed by atoms with Crippen LogP contribution in [0.25, 0.3) is 10.9 Å². The van der Waals surface area contributed by atoms with E-state index in [0.717, 1.165) is 5.39 Å². The van der Waals surface area contributed by atoms with Gasteiger partial charge in [0.25, 0.3) is 0 Å². The summed E-state index contributed by atoms with van der Waals surface area (Å²) in [5.74, 6) is -1.03. The van der Waals surface area contributed by atoms with E-state index in [1.54, 1.807) is 31.3 Å². The number of hydrogen-bond donors (Lipinski definition) is 0. The first-order chi connectivity index (χ1) is 9.54. The molecule has 0 saturated heterocycles. The van der Waals surface area contributed by atoms with Crippen LogP contribution in [0.2, 0.25) is 5.02 Å². The summed E-state index contributed by atoms with van der Waals surface area (Å²) < 4.78 is 4.63. The minimum absolute atomic E-state index is 0.0833. The smallest absolute Gasteiger partial charge is 0.308 e. The van der Waals surface area contributed by atoms with Crippen molar-refractivity contribution in [1.82, 2.24) is 4.98 Å². The van der Waals surface area contributed by atoms with Crippen molar-refractivity contribution < 1.29 is 14.3 Å². The molecule has 1 aromatic heterocycles. The molecule has 0 bridgehead atoms. The Bertz CT molecular complexity index is 669. The van der Waals surface area contributed by atoms with Crippen molar-refractivity contribution in [1.29, 1.82) is 0 Å². The second-order valence-corrected chi connectivity index (χ2v) is 4.95. The standard InChI is InChI=1S/C15H14ClNO3/c1-9(15(19)20-2)8-13(18)11-5-6-12(16)10-4-3-7-17-14(10)11/h3-7,9H,8H2,1-2H3. The van der Waals surface area contributed by atoms with E-state index < -0.39 is 11.9 Å². The summed E-state index contributed by atoms with van der Waals surface area (Å²) in [5.41, 5.74) is 1.03. The quantitative estimate of drug-likeness (QED) is 0.641. The maximum Gasteiger partial charge on any atom is 0.308 e. The third kappa shape index (κ3) is 2.80. The Hall–Kier alpha value is -1.94. The SMILES string of the molecule is COC(=O)C(C)CC(=O)c1ccc(Cl)c2cccnc12. The summed E-state index contributed by atoms with van der Waals surface area (Å²) in [5, 5.41) is 1.27. The molecule has 0 aliphatic heterocycles. The fraction of sp³-hybridized carbons (Fsp3) is 0.267. The lowest BCUT2D eigenvalue weighted by Gasteiger charge is -2.10. The summed E-state index contributed by atoms with van der Waals surface area (Å²) in [6.45, 7) is 1.66. The molecule has 0 fully saturated rings. The van der Waals surface area contributed by atoms with Crippen molar-refractivity contribution >= 4 is 34.3 Å². The van der Waals surface area contributed by atoms with Gasteiger partial charge in [-0.1, -0.05) is 18.5 Å². The lowest BCUT2D eigenvalue weighted by Crippen LogP contribution is -2.17. The minimum Gasteiger partial charge on any atom is -0.469 e. The molecular formula is C15H14ClNO3. The van der Waals surface area contributed by atoms with Gasteiger partial charge in [0.15, 0.2) is 5.78 Å². The van der Waals surface area contributed by atoms with Gasteiger partial charge in [0.05, 0.1) is 23.6 Å². The van der Waals surface area contributed by atoms with Crippen LogP contribution in [0.3, 0.4) is 0 Å². The normalized spacial score (nSPS) is 12.2. The summed E-state index contributed by atoms with van der Waals surface area (Å²) in [7, 11) is 1.31. The highest BCUT2D eigenvalue weighted by molar-refractivity contribution is 6.36. The third-order valence-corrected chi connectivity index (χ3v) is 3.44. The number of esters is 1. The van der Waals surface area contributed by atoms with Gasteiger partial charge < -0.3 is 4.74 Å². The van der Waals surface area contributed by atoms with Crippen LogP contribution in [0, 0.1) is 5.92 Å². The number of hydrogen-bond acceptors (Lipinski definition) is 4. The lowest BCUT2D eigenvalue weighted by atomic mass is 9.98. The van der Waals surface area contributed by atoms with Gasteiger partial charge in [-0.15, -0.1) is 0 Å². The first-order valence-electron chi connectivity index (χ1n) is 6.19. The number of ketones is 1. The van der Waals surface area contributed by atoms with E-state index in [4.69, 9.17) is 11.6 Å². The Labute approximate surface area is 121 Å². The Morgan fingerprint density at radius 2 is 2.10 bits per heavy atom. The highest BCUT2D eigenvalue weighted by Crippen LogP contribution is 2.26. The Kier molecular flexibility index (Phi) is 4.35. The van der Waals surface area contributed by atoms with Gasteiger partial charge in [0.1, 0.15) is 0 Å². The van der Waals surface area contributed by atoms with E-state index in [-0.39, 0.29) is 12.2 Å². The predicted octanol–water partition coefficient (Wildman–Crippen LogP) is 3.27. The maximum atomic E-state index is 12.3. The number of fused-ring (bicyclic) bond motifs is 1. The van der Waals surface area contributed by atoms with Crippen molar-refractivity contribution in [3.8, 4) is 0 Å². The summed E-state index contributed by atoms with van der Waals surface area (Å²) in [6.07, 6.45) is 1.69. The van der Waals surface area contributed by atoms with Crippen molar-refractivity contribution in [2.24, 2.45) is 5.92 Å². The molecule has 1 heterocycles. The molecule has 104 valence electrons. The second kappa shape index (κ2) is 6.01. The zero-order valence-corrected chi connectivity index (χ0v) is 12.0. The number of nitrogens with zero attached hydrogens (tertiary/aromatic N) is 1. The lowest BCUT2D eigenvalue weighted by molar-refractivity contribution is -0.144. The Morgan fingerprint density at radius 1 is 1.35 bits per heavy atom. The molecule has 1 aromatic carbocycles. The number of rotatable bonds is 4. The van der Waals surface area contributed by atoms with Gasteiger partial charge in [0.2, 0.25) is 0 Å². The van der Waals surface area contributed by atoms with Gasteiger partial charge in [-0.2, -0.15) is 0 Å². The van der Waals surface area contributed by atoms with E-state index >= 15 is 0 Å². The first kappa shape index (κ1) is 14.5. The zero-order chi connectivity index (χ0) is 14.7. The average molecular weight is 292 g/mol. The molecule has 0 aliphatic rings. The average Bonchev–Trinajstić information content (AvgIpc) is 2.46. The molecule has 5 heteroatoms. The Balaban J connectivity index is 2.36. The summed E-state index contributed by atoms with van der Waals surface area (Å²) >= 11 is 6.09. The molecule has 2 rings (SSSR count). The minimum atomic E-state index is -0.484. The highest BCUT2D eigenvalue weighted by Gasteiger charge is 2.20. The number of aromatic nitrogens is 1. The van der Waals surface area contributed by atoms with Crippen LogP contribution in [-0.4, -0.2) is 23.8 Å². The molecule has 0 saturated carbocycles. The van der Waals surface area contributed by atoms with E-state index in [1.165, 1.54) is 7.11 Å². The van der Waals surface area contributed by atoms with Crippen molar-refractivity contribution in [2.45, 2.75) is 13.3 Å². The molecule has 1 atom stereocenters. The third-order valence-electron chi connectivity index (χ3n) is 3.11. The second-order valence-electron chi connectivity index (χ2n) is 4.55. The molecule has 1 unspecified atom stereocenters. The van der Waals surface area contributed by atoms with Crippen LogP contribution in [0.15, 0.2) is 30.5 Å². The number of Topliss-reactive ketones (excluding diaryl/α,β-unsaturated/α-hetero) is 1. The first-order valence-corrected chi connectivity index (χ1v) is 6.56. The zero-order valence-electron chi connectivity index (χ0n) is 11.2. The highest BCUT2D eigenvalue weighted by atomic mass is 35.5. The number of benzene rings is 1. The van der Waals surface area contributed by atoms with E-state index in [1.807, 2.05) is 6.07 Å². The van der Waals surface area contributed by atoms with Crippen LogP contribution >= 0.6 is 11.6 Å². The number of pyridine rings is 1. The van der Waals surface area contributed by atoms with E-state index in [9.17, 15) is 9.59 Å². The van der Waals surface area contributed by atoms with E-state index in [2.05, 4.69) is 9.72 Å². The molecule has 0 spiro atoms. The van der Waals surface area contributed by atoms with Crippen LogP contribution < -0.4 is 0 Å². The molecule has 2 aromatic rings. The Morgan fingerprint density at radius 3 is 2.80 bits per heavy atom. The number of carbonyl (C=O) groups is 2. The van der Waals surface area contributed by atoms with Gasteiger partial charge in [-0.25, -0.2) is 0 Å². The molecule has 20 heavy (non-hydrogen) atoms. The fourth-order valence-electron chi connectivity index (χ4n) is 2.04. The van der Waals surface area contributed by atoms with Gasteiger partial charge in [0, 0.05) is 23.6 Å². The van der Waals surface area contributed by atoms with Crippen molar-refractivity contribution in [3.05, 3.63) is 41.0 Å². The topological polar surface area (TPSA) is 56.3 Å². The predicted molar refractivity (Wildman–Crippen MR) is 76.9 cm³/mol. The van der Waals surface area contributed by atoms with Gasteiger partial charge in [-0.05, 0) is 24.3 Å². The van der Waals surface area contributed by atoms with Crippen LogP contribution in [0.4, 0.5) is 0 Å². The molecule has 4 nitrogen and oxygen atoms in total. The van der Waals surface area contributed by atoms with Gasteiger partial charge in [-0.3, -0.25) is 14.6 Å². The molecule has 0 amide bonds. The van der Waals surface area contributed by atoms with Crippen LogP contribution in [0.1, 0.15) is 23.7 Å². The fourth-order valence-corrected chi connectivity index (χ4v) is 2.25. The summed E-state index contributed by atoms with van der Waals surface area (Å²) in [6, 6.07) is 6.89. The molecule has 0 aliphatic carbocycles.